The van der Waals surface area contributed by atoms with Crippen LogP contribution in [0, 0.1) is 11.8 Å². The van der Waals surface area contributed by atoms with Gasteiger partial charge in [0.05, 0.1) is 13.2 Å². The van der Waals surface area contributed by atoms with Crippen molar-refractivity contribution in [1.82, 2.24) is 5.32 Å². The van der Waals surface area contributed by atoms with Crippen molar-refractivity contribution in [2.24, 2.45) is 0 Å². The highest BCUT2D eigenvalue weighted by molar-refractivity contribution is 5.42. The Morgan fingerprint density at radius 3 is 2.82 bits per heavy atom. The Labute approximate surface area is 102 Å². The molecule has 0 unspecified atom stereocenters. The monoisotopic (exact) mass is 231 g/mol. The van der Waals surface area contributed by atoms with Crippen molar-refractivity contribution in [2.45, 2.75) is 12.7 Å². The van der Waals surface area contributed by atoms with Crippen LogP contribution in [0.2, 0.25) is 0 Å². The van der Waals surface area contributed by atoms with Gasteiger partial charge in [-0.05, 0) is 13.1 Å². The maximum Gasteiger partial charge on any atom is 0.185 e. The fourth-order valence-electron chi connectivity index (χ4n) is 1.70. The van der Waals surface area contributed by atoms with E-state index in [9.17, 15) is 0 Å². The molecule has 90 valence electrons. The van der Waals surface area contributed by atoms with Gasteiger partial charge in [-0.2, -0.15) is 0 Å². The third kappa shape index (κ3) is 3.31. The van der Waals surface area contributed by atoms with Gasteiger partial charge in [-0.25, -0.2) is 0 Å². The number of benzene rings is 1. The van der Waals surface area contributed by atoms with E-state index in [1.807, 2.05) is 31.3 Å². The first-order chi connectivity index (χ1) is 8.42. The molecule has 0 saturated carbocycles. The van der Waals surface area contributed by atoms with Gasteiger partial charge in [0.2, 0.25) is 0 Å². The van der Waals surface area contributed by atoms with Gasteiger partial charge in [-0.1, -0.05) is 30.0 Å². The molecular formula is C14H17NO2. The van der Waals surface area contributed by atoms with Crippen molar-refractivity contribution in [2.75, 3.05) is 26.8 Å². The molecule has 0 radical (unpaired) electrons. The molecule has 0 atom stereocenters. The summed E-state index contributed by atoms with van der Waals surface area (Å²) in [6.07, 6.45) is 0.599. The maximum atomic E-state index is 5.50. The lowest BCUT2D eigenvalue weighted by molar-refractivity contribution is -0.0442. The van der Waals surface area contributed by atoms with E-state index < -0.39 is 0 Å². The smallest absolute Gasteiger partial charge is 0.185 e. The standard InChI is InChI=1S/C14H17NO2/c1-15-9-5-4-7-12-6-2-3-8-13(12)14-16-10-11-17-14/h2-3,6,8,14-15H,5,9-11H2,1H3. The van der Waals surface area contributed by atoms with E-state index in [-0.39, 0.29) is 6.29 Å². The summed E-state index contributed by atoms with van der Waals surface area (Å²) in [5.41, 5.74) is 2.03. The molecule has 0 spiro atoms. The first-order valence-corrected chi connectivity index (χ1v) is 5.87. The van der Waals surface area contributed by atoms with Crippen molar-refractivity contribution < 1.29 is 9.47 Å². The van der Waals surface area contributed by atoms with Crippen molar-refractivity contribution >= 4 is 0 Å². The molecule has 0 aromatic heterocycles. The van der Waals surface area contributed by atoms with E-state index in [2.05, 4.69) is 17.2 Å². The Kier molecular flexibility index (Phi) is 4.57. The Balaban J connectivity index is 2.11. The number of hydrogen-bond donors (Lipinski definition) is 1. The van der Waals surface area contributed by atoms with Crippen LogP contribution in [0.5, 0.6) is 0 Å². The highest BCUT2D eigenvalue weighted by Crippen LogP contribution is 2.25. The van der Waals surface area contributed by atoms with E-state index >= 15 is 0 Å². The molecule has 1 aliphatic heterocycles. The molecule has 1 fully saturated rings. The van der Waals surface area contributed by atoms with Crippen molar-refractivity contribution in [1.29, 1.82) is 0 Å². The molecule has 2 rings (SSSR count). The topological polar surface area (TPSA) is 30.5 Å². The number of hydrogen-bond acceptors (Lipinski definition) is 3. The summed E-state index contributed by atoms with van der Waals surface area (Å²) in [5, 5.41) is 3.07. The van der Waals surface area contributed by atoms with E-state index in [0.29, 0.717) is 13.2 Å². The lowest BCUT2D eigenvalue weighted by Gasteiger charge is -2.10. The minimum Gasteiger partial charge on any atom is -0.346 e. The molecule has 1 aromatic rings. The summed E-state index contributed by atoms with van der Waals surface area (Å²) in [4.78, 5) is 0. The highest BCUT2D eigenvalue weighted by atomic mass is 16.7. The van der Waals surface area contributed by atoms with Crippen LogP contribution < -0.4 is 5.32 Å². The van der Waals surface area contributed by atoms with Gasteiger partial charge in [0.1, 0.15) is 0 Å². The van der Waals surface area contributed by atoms with Gasteiger partial charge in [0, 0.05) is 24.1 Å². The van der Waals surface area contributed by atoms with E-state index in [0.717, 1.165) is 24.1 Å². The molecule has 1 heterocycles. The Hall–Kier alpha value is -1.34. The third-order valence-corrected chi connectivity index (χ3v) is 2.56. The van der Waals surface area contributed by atoms with Crippen molar-refractivity contribution in [3.8, 4) is 11.8 Å². The normalized spacial score (nSPS) is 15.6. The van der Waals surface area contributed by atoms with Crippen LogP contribution in [0.1, 0.15) is 23.8 Å². The predicted octanol–water partition coefficient (Wildman–Crippen LogP) is 1.69. The maximum absolute atomic E-state index is 5.50. The van der Waals surface area contributed by atoms with E-state index in [1.165, 1.54) is 0 Å². The fraction of sp³-hybridized carbons (Fsp3) is 0.429. The molecule has 0 bridgehead atoms. The summed E-state index contributed by atoms with van der Waals surface area (Å²) < 4.78 is 11.0. The SMILES string of the molecule is CNCCC#Cc1ccccc1C1OCCO1. The molecule has 0 amide bonds. The van der Waals surface area contributed by atoms with Gasteiger partial charge in [-0.15, -0.1) is 0 Å². The zero-order chi connectivity index (χ0) is 11.9. The largest absolute Gasteiger partial charge is 0.346 e. The van der Waals surface area contributed by atoms with Gasteiger partial charge < -0.3 is 14.8 Å². The van der Waals surface area contributed by atoms with Crippen molar-refractivity contribution in [3.63, 3.8) is 0 Å². The summed E-state index contributed by atoms with van der Waals surface area (Å²) >= 11 is 0. The van der Waals surface area contributed by atoms with E-state index in [1.54, 1.807) is 0 Å². The number of nitrogens with one attached hydrogen (secondary N) is 1. The van der Waals surface area contributed by atoms with Gasteiger partial charge in [0.15, 0.2) is 6.29 Å². The Morgan fingerprint density at radius 2 is 2.06 bits per heavy atom. The Morgan fingerprint density at radius 1 is 1.29 bits per heavy atom. The quantitative estimate of drug-likeness (QED) is 0.634. The summed E-state index contributed by atoms with van der Waals surface area (Å²) in [7, 11) is 1.93. The molecule has 1 aromatic carbocycles. The molecule has 3 nitrogen and oxygen atoms in total. The molecule has 1 aliphatic rings. The van der Waals surface area contributed by atoms with Crippen molar-refractivity contribution in [3.05, 3.63) is 35.4 Å². The van der Waals surface area contributed by atoms with Crippen LogP contribution in [-0.4, -0.2) is 26.8 Å². The second-order valence-electron chi connectivity index (χ2n) is 3.82. The fourth-order valence-corrected chi connectivity index (χ4v) is 1.70. The molecule has 1 saturated heterocycles. The van der Waals surface area contributed by atoms with Crippen LogP contribution in [0.4, 0.5) is 0 Å². The zero-order valence-corrected chi connectivity index (χ0v) is 10.0. The lowest BCUT2D eigenvalue weighted by Crippen LogP contribution is -2.06. The third-order valence-electron chi connectivity index (χ3n) is 2.56. The van der Waals surface area contributed by atoms with Gasteiger partial charge in [0.25, 0.3) is 0 Å². The summed E-state index contributed by atoms with van der Waals surface area (Å²) in [6.45, 7) is 2.23. The summed E-state index contributed by atoms with van der Waals surface area (Å²) in [5.74, 6) is 6.32. The highest BCUT2D eigenvalue weighted by Gasteiger charge is 2.20. The second kappa shape index (κ2) is 6.41. The molecule has 0 aliphatic carbocycles. The second-order valence-corrected chi connectivity index (χ2v) is 3.82. The van der Waals surface area contributed by atoms with E-state index in [4.69, 9.17) is 9.47 Å². The minimum absolute atomic E-state index is 0.246. The molecule has 17 heavy (non-hydrogen) atoms. The van der Waals surface area contributed by atoms with Crippen LogP contribution in [0.3, 0.4) is 0 Å². The lowest BCUT2D eigenvalue weighted by atomic mass is 10.1. The average Bonchev–Trinajstić information content (AvgIpc) is 2.89. The van der Waals surface area contributed by atoms with Crippen LogP contribution in [0.25, 0.3) is 0 Å². The molecule has 1 N–H and O–H groups in total. The number of rotatable bonds is 3. The van der Waals surface area contributed by atoms with Gasteiger partial charge in [-0.3, -0.25) is 0 Å². The number of ether oxygens (including phenoxy) is 2. The minimum atomic E-state index is -0.246. The molecular weight excluding hydrogens is 214 g/mol. The van der Waals surface area contributed by atoms with Crippen LogP contribution in [-0.2, 0) is 9.47 Å². The summed E-state index contributed by atoms with van der Waals surface area (Å²) in [6, 6.07) is 7.99. The van der Waals surface area contributed by atoms with Crippen LogP contribution in [0.15, 0.2) is 24.3 Å². The Bertz CT molecular complexity index is 414. The molecule has 3 heteroatoms. The van der Waals surface area contributed by atoms with Crippen LogP contribution >= 0.6 is 0 Å². The first-order valence-electron chi connectivity index (χ1n) is 5.87. The predicted molar refractivity (Wildman–Crippen MR) is 66.5 cm³/mol. The zero-order valence-electron chi connectivity index (χ0n) is 10.0. The first kappa shape index (κ1) is 12.1. The average molecular weight is 231 g/mol. The van der Waals surface area contributed by atoms with Gasteiger partial charge >= 0.3 is 0 Å².